The first-order valence-corrected chi connectivity index (χ1v) is 12.1. The number of ketones is 4. The average molecular weight is 478 g/mol. The Labute approximate surface area is 163 Å². The van der Waals surface area contributed by atoms with Crippen LogP contribution < -0.4 is 21.2 Å². The van der Waals surface area contributed by atoms with Gasteiger partial charge in [-0.2, -0.15) is 0 Å². The molecule has 1 heterocycles. The van der Waals surface area contributed by atoms with Crippen molar-refractivity contribution < 1.29 is 45.2 Å². The first kappa shape index (κ1) is 21.1. The van der Waals surface area contributed by atoms with Gasteiger partial charge in [0.05, 0.1) is 0 Å². The molecule has 146 valence electrons. The third-order valence-corrected chi connectivity index (χ3v) is 7.90. The summed E-state index contributed by atoms with van der Waals surface area (Å²) in [5.74, 6) is 0.272. The molecule has 0 amide bonds. The normalized spacial score (nSPS) is 27.6. The molecule has 1 aliphatic heterocycles. The summed E-state index contributed by atoms with van der Waals surface area (Å²) in [6.07, 6.45) is 4.00. The molecule has 3 atom stereocenters. The van der Waals surface area contributed by atoms with Gasteiger partial charge in [-0.05, 0) is 0 Å². The Kier molecular flexibility index (Phi) is 8.80. The third kappa shape index (κ3) is 6.51. The molecule has 2 aliphatic rings. The van der Waals surface area contributed by atoms with Crippen molar-refractivity contribution in [1.29, 1.82) is 0 Å². The minimum atomic E-state index is -0.397. The predicted octanol–water partition coefficient (Wildman–Crippen LogP) is -0.954. The fourth-order valence-electron chi connectivity index (χ4n) is 3.84. The zero-order valence-corrected chi connectivity index (χ0v) is 16.9. The van der Waals surface area contributed by atoms with Crippen molar-refractivity contribution in [1.82, 2.24) is 0 Å². The van der Waals surface area contributed by atoms with E-state index in [2.05, 4.69) is 10.2 Å². The molecule has 2 rings (SSSR count). The number of halogens is 1. The van der Waals surface area contributed by atoms with Gasteiger partial charge in [0.1, 0.15) is 0 Å². The molecule has 3 unspecified atom stereocenters. The fourth-order valence-corrected chi connectivity index (χ4v) is 6.30. The Hall–Kier alpha value is -1.19. The Morgan fingerprint density at radius 2 is 1.92 bits per heavy atom. The van der Waals surface area contributed by atoms with Gasteiger partial charge < -0.3 is 0 Å². The van der Waals surface area contributed by atoms with Crippen LogP contribution in [0.3, 0.4) is 0 Å². The molecule has 1 saturated heterocycles. The second-order valence-corrected chi connectivity index (χ2v) is 9.96. The van der Waals surface area contributed by atoms with Crippen LogP contribution in [0.5, 0.6) is 0 Å². The van der Waals surface area contributed by atoms with Crippen LogP contribution in [0.2, 0.25) is 0 Å². The Bertz CT molecular complexity index is 564. The van der Waals surface area contributed by atoms with Crippen LogP contribution in [-0.2, 0) is 24.0 Å². The molecule has 2 fully saturated rings. The van der Waals surface area contributed by atoms with Gasteiger partial charge in [0.15, 0.2) is 5.34 Å². The van der Waals surface area contributed by atoms with Gasteiger partial charge in [-0.3, -0.25) is 0 Å². The van der Waals surface area contributed by atoms with Crippen LogP contribution in [0.4, 0.5) is 0 Å². The molecular formula is C18H25INO6-. The number of fused-ring (bicyclic) bond motifs is 1. The van der Waals surface area contributed by atoms with Crippen molar-refractivity contribution in [2.45, 2.75) is 51.4 Å². The van der Waals surface area contributed by atoms with Gasteiger partial charge >= 0.3 is 153 Å². The van der Waals surface area contributed by atoms with Crippen LogP contribution in [0.15, 0.2) is 5.34 Å². The van der Waals surface area contributed by atoms with E-state index in [9.17, 15) is 24.1 Å². The van der Waals surface area contributed by atoms with Crippen LogP contribution >= 0.6 is 0 Å². The van der Waals surface area contributed by atoms with Crippen molar-refractivity contribution >= 4 is 23.1 Å². The summed E-state index contributed by atoms with van der Waals surface area (Å²) in [4.78, 5) is 62.4. The monoisotopic (exact) mass is 478 g/mol. The van der Waals surface area contributed by atoms with Gasteiger partial charge in [-0.15, -0.1) is 4.91 Å². The minimum absolute atomic E-state index is 0.00153. The van der Waals surface area contributed by atoms with Gasteiger partial charge in [0.2, 0.25) is 0 Å². The number of hydrogen-bond acceptors (Lipinski definition) is 7. The van der Waals surface area contributed by atoms with E-state index < -0.39 is 6.61 Å². The van der Waals surface area contributed by atoms with E-state index in [1.54, 1.807) is 0 Å². The van der Waals surface area contributed by atoms with Gasteiger partial charge in [-0.1, -0.05) is 0 Å². The van der Waals surface area contributed by atoms with Crippen molar-refractivity contribution in [3.8, 4) is 0 Å². The summed E-state index contributed by atoms with van der Waals surface area (Å²) in [6.45, 7) is -0.397. The van der Waals surface area contributed by atoms with E-state index in [-0.39, 0.29) is 69.2 Å². The van der Waals surface area contributed by atoms with E-state index in [0.29, 0.717) is 48.7 Å². The molecule has 0 radical (unpaired) electrons. The number of rotatable bonds is 7. The molecule has 26 heavy (non-hydrogen) atoms. The van der Waals surface area contributed by atoms with Crippen LogP contribution in [0.25, 0.3) is 0 Å². The maximum absolute atomic E-state index is 12.5. The molecule has 0 spiro atoms. The van der Waals surface area contributed by atoms with E-state index >= 15 is 0 Å². The van der Waals surface area contributed by atoms with Crippen molar-refractivity contribution in [2.24, 2.45) is 23.1 Å². The van der Waals surface area contributed by atoms with Gasteiger partial charge in [-0.25, -0.2) is 0 Å². The molecule has 0 aromatic carbocycles. The number of Topliss-reactive ketones (excluding diaryl/α,β-unsaturated/α-hetero) is 4. The molecule has 1 aliphatic carbocycles. The maximum atomic E-state index is 12.5. The van der Waals surface area contributed by atoms with E-state index in [0.717, 1.165) is 4.43 Å². The fraction of sp³-hybridized carbons (Fsp3) is 0.778. The molecule has 0 bridgehead atoms. The number of carbonyl (C=O) groups is 4. The van der Waals surface area contributed by atoms with Crippen LogP contribution in [-0.4, -0.2) is 38.6 Å². The molecular weight excluding hydrogens is 453 g/mol. The van der Waals surface area contributed by atoms with Gasteiger partial charge in [0, 0.05) is 0 Å². The number of carbonyl (C=O) groups excluding carboxylic acids is 4. The average Bonchev–Trinajstić information content (AvgIpc) is 2.65. The summed E-state index contributed by atoms with van der Waals surface area (Å²) < 4.78 is 1.55. The van der Waals surface area contributed by atoms with Crippen molar-refractivity contribution in [3.05, 3.63) is 4.91 Å². The first-order chi connectivity index (χ1) is 12.5. The zero-order valence-electron chi connectivity index (χ0n) is 14.8. The second-order valence-electron chi connectivity index (χ2n) is 7.03. The summed E-state index contributed by atoms with van der Waals surface area (Å²) in [5, 5.41) is 2.17. The topological polar surface area (TPSA) is 107 Å². The molecule has 0 aromatic rings. The van der Waals surface area contributed by atoms with Crippen LogP contribution in [0, 0.1) is 22.7 Å². The zero-order chi connectivity index (χ0) is 18.9. The van der Waals surface area contributed by atoms with Crippen molar-refractivity contribution in [3.63, 3.8) is 0 Å². The summed E-state index contributed by atoms with van der Waals surface area (Å²) >= 11 is -0.221. The number of nitrogens with zero attached hydrogens (tertiary/aromatic N) is 1. The Morgan fingerprint density at radius 1 is 1.12 bits per heavy atom. The van der Waals surface area contributed by atoms with E-state index in [1.165, 1.54) is 0 Å². The molecule has 0 N–H and O–H groups in total. The SMILES string of the molecule is O=NOCC(=O)CCC(=O)C1CCC2C(=O)C[I-]CCC(=O)CCC2C1. The molecule has 1 saturated carbocycles. The standard InChI is InChI=1S/C18H25INO6/c21-14-3-1-12-9-13(17(23)6-4-15(22)11-26-20-25)2-5-16(12)18(24)10-19-8-7-14/h12-13,16H,1-11H2/q-1. The molecule has 8 heteroatoms. The number of alkyl halides is 2. The van der Waals surface area contributed by atoms with Gasteiger partial charge in [0.25, 0.3) is 0 Å². The first-order valence-electron chi connectivity index (χ1n) is 9.08. The summed E-state index contributed by atoms with van der Waals surface area (Å²) in [6, 6.07) is 0. The van der Waals surface area contributed by atoms with Crippen LogP contribution in [0.1, 0.15) is 51.4 Å². The third-order valence-electron chi connectivity index (χ3n) is 5.31. The quantitative estimate of drug-likeness (QED) is 0.202. The Balaban J connectivity index is 1.90. The van der Waals surface area contributed by atoms with Crippen molar-refractivity contribution in [2.75, 3.05) is 15.5 Å². The molecule has 7 nitrogen and oxygen atoms in total. The predicted molar refractivity (Wildman–Crippen MR) is 88.9 cm³/mol. The summed E-state index contributed by atoms with van der Waals surface area (Å²) in [5.41, 5.74) is 0. The molecule has 0 aromatic heterocycles. The Morgan fingerprint density at radius 3 is 2.69 bits per heavy atom. The number of hydrogen-bond donors (Lipinski definition) is 0. The van der Waals surface area contributed by atoms with E-state index in [1.807, 2.05) is 0 Å². The second kappa shape index (κ2) is 10.8. The van der Waals surface area contributed by atoms with E-state index in [4.69, 9.17) is 0 Å². The summed E-state index contributed by atoms with van der Waals surface area (Å²) in [7, 11) is 0.